The number of piperazine rings is 1. The Kier molecular flexibility index (Phi) is 4.62. The molecule has 20 heavy (non-hydrogen) atoms. The number of anilines is 2. The monoisotopic (exact) mass is 276 g/mol. The van der Waals surface area contributed by atoms with Crippen LogP contribution in [0.4, 0.5) is 11.4 Å². The smallest absolute Gasteiger partial charge is 0.241 e. The number of benzene rings is 1. The molecule has 110 valence electrons. The van der Waals surface area contributed by atoms with Crippen molar-refractivity contribution in [1.29, 1.82) is 0 Å². The van der Waals surface area contributed by atoms with Crippen LogP contribution in [0.25, 0.3) is 0 Å². The molecule has 0 aromatic heterocycles. The highest BCUT2D eigenvalue weighted by Crippen LogP contribution is 2.19. The third-order valence-corrected chi connectivity index (χ3v) is 3.98. The average molecular weight is 276 g/mol. The molecule has 3 N–H and O–H groups in total. The van der Waals surface area contributed by atoms with Crippen molar-refractivity contribution in [2.45, 2.75) is 25.9 Å². The fourth-order valence-corrected chi connectivity index (χ4v) is 2.73. The molecule has 5 nitrogen and oxygen atoms in total. The van der Waals surface area contributed by atoms with E-state index in [-0.39, 0.29) is 11.9 Å². The van der Waals surface area contributed by atoms with E-state index in [9.17, 15) is 4.79 Å². The summed E-state index contributed by atoms with van der Waals surface area (Å²) in [6, 6.07) is 7.57. The Morgan fingerprint density at radius 3 is 2.75 bits per heavy atom. The van der Waals surface area contributed by atoms with E-state index in [0.717, 1.165) is 19.6 Å². The normalized spacial score (nSPS) is 22.4. The quantitative estimate of drug-likeness (QED) is 0.815. The number of nitrogens with one attached hydrogen (secondary N) is 1. The molecule has 1 aliphatic heterocycles. The molecule has 2 unspecified atom stereocenters. The zero-order valence-corrected chi connectivity index (χ0v) is 12.5. The van der Waals surface area contributed by atoms with Gasteiger partial charge in [-0.15, -0.1) is 0 Å². The molecule has 1 heterocycles. The van der Waals surface area contributed by atoms with Gasteiger partial charge in [-0.1, -0.05) is 12.1 Å². The summed E-state index contributed by atoms with van der Waals surface area (Å²) in [5.41, 5.74) is 7.14. The van der Waals surface area contributed by atoms with E-state index in [4.69, 9.17) is 5.73 Å². The minimum absolute atomic E-state index is 0.000645. The van der Waals surface area contributed by atoms with Crippen LogP contribution < -0.4 is 11.1 Å². The van der Waals surface area contributed by atoms with Gasteiger partial charge in [0.15, 0.2) is 0 Å². The number of hydrogen-bond acceptors (Lipinski definition) is 4. The lowest BCUT2D eigenvalue weighted by molar-refractivity contribution is -0.122. The predicted octanol–water partition coefficient (Wildman–Crippen LogP) is 1.23. The van der Waals surface area contributed by atoms with E-state index in [1.54, 1.807) is 6.07 Å². The average Bonchev–Trinajstić information content (AvgIpc) is 2.40. The topological polar surface area (TPSA) is 61.6 Å². The fraction of sp³-hybridized carbons (Fsp3) is 0.533. The minimum Gasteiger partial charge on any atom is -0.397 e. The highest BCUT2D eigenvalue weighted by atomic mass is 16.2. The van der Waals surface area contributed by atoms with Gasteiger partial charge in [-0.25, -0.2) is 0 Å². The lowest BCUT2D eigenvalue weighted by atomic mass is 10.1. The van der Waals surface area contributed by atoms with Crippen LogP contribution in [0, 0.1) is 0 Å². The second kappa shape index (κ2) is 6.24. The number of rotatable bonds is 3. The molecule has 2 atom stereocenters. The van der Waals surface area contributed by atoms with Gasteiger partial charge in [0.1, 0.15) is 0 Å². The third-order valence-electron chi connectivity index (χ3n) is 3.98. The van der Waals surface area contributed by atoms with Crippen LogP contribution in [0.15, 0.2) is 24.3 Å². The van der Waals surface area contributed by atoms with E-state index < -0.39 is 0 Å². The van der Waals surface area contributed by atoms with Crippen molar-refractivity contribution in [3.05, 3.63) is 24.3 Å². The zero-order chi connectivity index (χ0) is 14.7. The molecule has 0 saturated carbocycles. The Labute approximate surface area is 120 Å². The first-order valence-electron chi connectivity index (χ1n) is 7.08. The van der Waals surface area contributed by atoms with E-state index in [1.165, 1.54) is 0 Å². The number of amides is 1. The molecule has 1 fully saturated rings. The maximum Gasteiger partial charge on any atom is 0.241 e. The second-order valence-electron chi connectivity index (χ2n) is 5.60. The molecule has 1 aliphatic rings. The lowest BCUT2D eigenvalue weighted by Crippen LogP contribution is -2.56. The predicted molar refractivity (Wildman–Crippen MR) is 82.6 cm³/mol. The standard InChI is InChI=1S/C15H24N4O/c1-11-10-18(3)8-9-19(11)12(2)15(20)17-14-7-5-4-6-13(14)16/h4-7,11-12H,8-10,16H2,1-3H3,(H,17,20). The Morgan fingerprint density at radius 1 is 1.40 bits per heavy atom. The SMILES string of the molecule is CC1CN(C)CCN1C(C)C(=O)Nc1ccccc1N. The Morgan fingerprint density at radius 2 is 2.10 bits per heavy atom. The van der Waals surface area contributed by atoms with E-state index in [2.05, 4.69) is 29.1 Å². The number of nitrogens with zero attached hydrogens (tertiary/aromatic N) is 2. The van der Waals surface area contributed by atoms with Crippen molar-refractivity contribution in [1.82, 2.24) is 9.80 Å². The van der Waals surface area contributed by atoms with Crippen molar-refractivity contribution in [3.8, 4) is 0 Å². The van der Waals surface area contributed by atoms with Crippen molar-refractivity contribution in [2.24, 2.45) is 0 Å². The van der Waals surface area contributed by atoms with Gasteiger partial charge in [-0.2, -0.15) is 0 Å². The van der Waals surface area contributed by atoms with Gasteiger partial charge >= 0.3 is 0 Å². The summed E-state index contributed by atoms with van der Waals surface area (Å²) >= 11 is 0. The van der Waals surface area contributed by atoms with Gasteiger partial charge in [0.05, 0.1) is 17.4 Å². The largest absolute Gasteiger partial charge is 0.397 e. The Bertz CT molecular complexity index is 477. The first-order chi connectivity index (χ1) is 9.49. The van der Waals surface area contributed by atoms with Crippen LogP contribution in [0.1, 0.15) is 13.8 Å². The Balaban J connectivity index is 2.00. The van der Waals surface area contributed by atoms with Gasteiger partial charge in [0.25, 0.3) is 0 Å². The molecule has 1 amide bonds. The van der Waals surface area contributed by atoms with Crippen molar-refractivity contribution in [2.75, 3.05) is 37.7 Å². The number of hydrogen-bond donors (Lipinski definition) is 2. The number of likely N-dealkylation sites (N-methyl/N-ethyl adjacent to an activating group) is 1. The van der Waals surface area contributed by atoms with Gasteiger partial charge in [0, 0.05) is 25.7 Å². The molecule has 0 aliphatic carbocycles. The third kappa shape index (κ3) is 3.29. The van der Waals surface area contributed by atoms with Gasteiger partial charge in [-0.05, 0) is 33.0 Å². The van der Waals surface area contributed by atoms with Crippen LogP contribution in [0.2, 0.25) is 0 Å². The van der Waals surface area contributed by atoms with E-state index in [1.807, 2.05) is 25.1 Å². The number of carbonyl (C=O) groups excluding carboxylic acids is 1. The molecule has 1 saturated heterocycles. The molecule has 0 spiro atoms. The highest BCUT2D eigenvalue weighted by molar-refractivity contribution is 5.97. The Hall–Kier alpha value is -1.59. The molecular formula is C15H24N4O. The summed E-state index contributed by atoms with van der Waals surface area (Å²) in [6.45, 7) is 7.02. The highest BCUT2D eigenvalue weighted by Gasteiger charge is 2.29. The molecule has 2 rings (SSSR count). The van der Waals surface area contributed by atoms with Crippen LogP contribution in [0.3, 0.4) is 0 Å². The first-order valence-corrected chi connectivity index (χ1v) is 7.08. The maximum absolute atomic E-state index is 12.4. The molecule has 5 heteroatoms. The summed E-state index contributed by atoms with van der Waals surface area (Å²) in [7, 11) is 2.11. The zero-order valence-electron chi connectivity index (χ0n) is 12.5. The number of nitrogens with two attached hydrogens (primary N) is 1. The second-order valence-corrected chi connectivity index (χ2v) is 5.60. The molecule has 0 radical (unpaired) electrons. The van der Waals surface area contributed by atoms with E-state index >= 15 is 0 Å². The van der Waals surface area contributed by atoms with Gasteiger partial charge in [-0.3, -0.25) is 9.69 Å². The summed E-state index contributed by atoms with van der Waals surface area (Å²) < 4.78 is 0. The summed E-state index contributed by atoms with van der Waals surface area (Å²) in [5, 5.41) is 2.92. The van der Waals surface area contributed by atoms with Crippen molar-refractivity contribution in [3.63, 3.8) is 0 Å². The maximum atomic E-state index is 12.4. The summed E-state index contributed by atoms with van der Waals surface area (Å²) in [5.74, 6) is -0.000645. The first kappa shape index (κ1) is 14.8. The summed E-state index contributed by atoms with van der Waals surface area (Å²) in [6.07, 6.45) is 0. The summed E-state index contributed by atoms with van der Waals surface area (Å²) in [4.78, 5) is 16.9. The molecule has 1 aromatic rings. The number of carbonyl (C=O) groups is 1. The fourth-order valence-electron chi connectivity index (χ4n) is 2.73. The van der Waals surface area contributed by atoms with Crippen molar-refractivity contribution < 1.29 is 4.79 Å². The number of nitrogen functional groups attached to an aromatic ring is 1. The van der Waals surface area contributed by atoms with Gasteiger partial charge < -0.3 is 16.0 Å². The van der Waals surface area contributed by atoms with Crippen LogP contribution >= 0.6 is 0 Å². The van der Waals surface area contributed by atoms with Gasteiger partial charge in [0.2, 0.25) is 5.91 Å². The molecule has 0 bridgehead atoms. The molecule has 1 aromatic carbocycles. The van der Waals surface area contributed by atoms with E-state index in [0.29, 0.717) is 17.4 Å². The van der Waals surface area contributed by atoms with Crippen LogP contribution in [-0.2, 0) is 4.79 Å². The lowest BCUT2D eigenvalue weighted by Gasteiger charge is -2.41. The van der Waals surface area contributed by atoms with Crippen molar-refractivity contribution >= 4 is 17.3 Å². The minimum atomic E-state index is -0.154. The number of para-hydroxylation sites is 2. The van der Waals surface area contributed by atoms with Crippen LogP contribution in [-0.4, -0.2) is 54.5 Å². The van der Waals surface area contributed by atoms with Crippen LogP contribution in [0.5, 0.6) is 0 Å². The molecular weight excluding hydrogens is 252 g/mol.